The van der Waals surface area contributed by atoms with Crippen LogP contribution >= 0.6 is 0 Å². The highest BCUT2D eigenvalue weighted by Gasteiger charge is 2.27. The van der Waals surface area contributed by atoms with Crippen molar-refractivity contribution >= 4 is 14.5 Å². The first-order valence-corrected chi connectivity index (χ1v) is 9.86. The smallest absolute Gasteiger partial charge is 0.333 e. The maximum absolute atomic E-state index is 11.1. The highest BCUT2D eigenvalue weighted by atomic mass is 28.4. The number of carbonyl (C=O) groups is 1. The van der Waals surface area contributed by atoms with Gasteiger partial charge in [-0.05, 0) is 46.7 Å². The van der Waals surface area contributed by atoms with E-state index in [1.807, 2.05) is 26.9 Å². The number of hydrogen-bond donors (Lipinski definition) is 0. The molecule has 0 amide bonds. The number of carbonyl (C=O) groups excluding carboxylic acids is 1. The fourth-order valence-corrected chi connectivity index (χ4v) is 3.08. The summed E-state index contributed by atoms with van der Waals surface area (Å²) in [7, 11) is -2.15. The molecule has 0 spiro atoms. The van der Waals surface area contributed by atoms with Gasteiger partial charge in [-0.1, -0.05) is 6.58 Å². The number of rotatable bonds is 11. The van der Waals surface area contributed by atoms with Gasteiger partial charge in [0.1, 0.15) is 6.29 Å². The molecule has 1 unspecified atom stereocenters. The largest absolute Gasteiger partial charge is 0.462 e. The van der Waals surface area contributed by atoms with E-state index >= 15 is 0 Å². The lowest BCUT2D eigenvalue weighted by molar-refractivity contribution is -0.139. The van der Waals surface area contributed by atoms with Gasteiger partial charge in [-0.25, -0.2) is 4.79 Å². The molecule has 0 aromatic heterocycles. The van der Waals surface area contributed by atoms with Crippen molar-refractivity contribution in [1.29, 1.82) is 0 Å². The summed E-state index contributed by atoms with van der Waals surface area (Å²) < 4.78 is 21.9. The first kappa shape index (κ1) is 19.3. The zero-order valence-corrected chi connectivity index (χ0v) is 14.4. The van der Waals surface area contributed by atoms with Crippen LogP contribution < -0.4 is 0 Å². The summed E-state index contributed by atoms with van der Waals surface area (Å²) in [5.41, 5.74) is 0.424. The van der Waals surface area contributed by atoms with Crippen LogP contribution in [0.4, 0.5) is 0 Å². The van der Waals surface area contributed by atoms with Crippen molar-refractivity contribution in [2.45, 2.75) is 53.0 Å². The molecule has 0 heterocycles. The van der Waals surface area contributed by atoms with Gasteiger partial charge in [0.25, 0.3) is 0 Å². The molecule has 0 aliphatic rings. The molecule has 0 saturated heterocycles. The fraction of sp³-hybridized carbons (Fsp3) is 0.786. The minimum atomic E-state index is -2.15. The average Bonchev–Trinajstić information content (AvgIpc) is 2.32. The highest BCUT2D eigenvalue weighted by molar-refractivity contribution is 6.64. The van der Waals surface area contributed by atoms with Gasteiger partial charge < -0.3 is 18.3 Å². The van der Waals surface area contributed by atoms with E-state index in [9.17, 15) is 4.79 Å². The summed E-state index contributed by atoms with van der Waals surface area (Å²) in [5.74, 6) is -0.338. The SMILES string of the molecule is C=C(C)C(=O)OCCCCO[Si](C)(C)OC(C)OCC. The van der Waals surface area contributed by atoms with Crippen molar-refractivity contribution in [3.8, 4) is 0 Å². The van der Waals surface area contributed by atoms with Gasteiger partial charge in [-0.15, -0.1) is 0 Å². The van der Waals surface area contributed by atoms with Crippen LogP contribution in [0.2, 0.25) is 13.1 Å². The molecule has 118 valence electrons. The lowest BCUT2D eigenvalue weighted by Crippen LogP contribution is -2.39. The molecule has 0 aromatic carbocycles. The number of unbranched alkanes of at least 4 members (excludes halogenated alkanes) is 1. The van der Waals surface area contributed by atoms with Gasteiger partial charge in [-0.2, -0.15) is 0 Å². The minimum Gasteiger partial charge on any atom is -0.462 e. The van der Waals surface area contributed by atoms with Gasteiger partial charge in [0.2, 0.25) is 0 Å². The Kier molecular flexibility index (Phi) is 9.74. The maximum atomic E-state index is 11.1. The Morgan fingerprint density at radius 3 is 2.40 bits per heavy atom. The van der Waals surface area contributed by atoms with Crippen molar-refractivity contribution in [3.05, 3.63) is 12.2 Å². The van der Waals surface area contributed by atoms with Crippen LogP contribution in [0.25, 0.3) is 0 Å². The normalized spacial score (nSPS) is 13.1. The third kappa shape index (κ3) is 10.1. The highest BCUT2D eigenvalue weighted by Crippen LogP contribution is 2.11. The van der Waals surface area contributed by atoms with Crippen LogP contribution in [-0.2, 0) is 23.1 Å². The van der Waals surface area contributed by atoms with Crippen LogP contribution in [0, 0.1) is 0 Å². The number of hydrogen-bond acceptors (Lipinski definition) is 5. The Bertz CT molecular complexity index is 304. The molecule has 0 rings (SSSR count). The molecule has 0 fully saturated rings. The molecule has 20 heavy (non-hydrogen) atoms. The second-order valence-electron chi connectivity index (χ2n) is 5.01. The number of esters is 1. The Morgan fingerprint density at radius 2 is 1.85 bits per heavy atom. The van der Waals surface area contributed by atoms with Crippen LogP contribution in [-0.4, -0.2) is 40.6 Å². The predicted molar refractivity (Wildman–Crippen MR) is 80.6 cm³/mol. The average molecular weight is 304 g/mol. The van der Waals surface area contributed by atoms with E-state index in [1.54, 1.807) is 6.92 Å². The lowest BCUT2D eigenvalue weighted by Gasteiger charge is -2.26. The summed E-state index contributed by atoms with van der Waals surface area (Å²) in [4.78, 5) is 11.1. The molecule has 0 N–H and O–H groups in total. The van der Waals surface area contributed by atoms with E-state index in [2.05, 4.69) is 6.58 Å². The van der Waals surface area contributed by atoms with Crippen molar-refractivity contribution in [3.63, 3.8) is 0 Å². The Labute approximate surface area is 123 Å². The molecule has 0 aromatic rings. The van der Waals surface area contributed by atoms with Gasteiger partial charge in [0.15, 0.2) is 0 Å². The first-order chi connectivity index (χ1) is 9.28. The fourth-order valence-electron chi connectivity index (χ4n) is 1.51. The molecule has 0 bridgehead atoms. The van der Waals surface area contributed by atoms with Gasteiger partial charge in [0, 0.05) is 18.8 Å². The van der Waals surface area contributed by atoms with E-state index in [0.29, 0.717) is 25.4 Å². The van der Waals surface area contributed by atoms with Crippen LogP contribution in [0.1, 0.15) is 33.6 Å². The van der Waals surface area contributed by atoms with Crippen molar-refractivity contribution in [1.82, 2.24) is 0 Å². The van der Waals surface area contributed by atoms with E-state index in [-0.39, 0.29) is 12.3 Å². The summed E-state index contributed by atoms with van der Waals surface area (Å²) in [6, 6.07) is 0. The zero-order chi connectivity index (χ0) is 15.6. The van der Waals surface area contributed by atoms with Gasteiger partial charge >= 0.3 is 14.5 Å². The second-order valence-corrected chi connectivity index (χ2v) is 8.34. The van der Waals surface area contributed by atoms with Crippen molar-refractivity contribution in [2.75, 3.05) is 19.8 Å². The second kappa shape index (κ2) is 10.1. The molecule has 0 aliphatic heterocycles. The van der Waals surface area contributed by atoms with Crippen LogP contribution in [0.15, 0.2) is 12.2 Å². The van der Waals surface area contributed by atoms with E-state index in [1.165, 1.54) is 0 Å². The molecular formula is C14H28O5Si. The van der Waals surface area contributed by atoms with Gasteiger partial charge in [-0.3, -0.25) is 0 Å². The predicted octanol–water partition coefficient (Wildman–Crippen LogP) is 3.00. The molecular weight excluding hydrogens is 276 g/mol. The minimum absolute atomic E-state index is 0.238. The third-order valence-corrected chi connectivity index (χ3v) is 4.22. The Hall–Kier alpha value is -0.693. The first-order valence-electron chi connectivity index (χ1n) is 7.04. The molecule has 0 aliphatic carbocycles. The van der Waals surface area contributed by atoms with Crippen molar-refractivity contribution < 1.29 is 23.1 Å². The van der Waals surface area contributed by atoms with Crippen LogP contribution in [0.5, 0.6) is 0 Å². The topological polar surface area (TPSA) is 54.0 Å². The Morgan fingerprint density at radius 1 is 1.25 bits per heavy atom. The molecule has 0 saturated carbocycles. The summed E-state index contributed by atoms with van der Waals surface area (Å²) in [6.07, 6.45) is 1.36. The van der Waals surface area contributed by atoms with E-state index < -0.39 is 8.56 Å². The maximum Gasteiger partial charge on any atom is 0.333 e. The van der Waals surface area contributed by atoms with Gasteiger partial charge in [0.05, 0.1) is 6.61 Å². The third-order valence-electron chi connectivity index (χ3n) is 2.42. The summed E-state index contributed by atoms with van der Waals surface area (Å²) in [6.45, 7) is 14.6. The molecule has 5 nitrogen and oxygen atoms in total. The van der Waals surface area contributed by atoms with E-state index in [0.717, 1.165) is 12.8 Å². The Balaban J connectivity index is 3.67. The van der Waals surface area contributed by atoms with Crippen LogP contribution in [0.3, 0.4) is 0 Å². The quantitative estimate of drug-likeness (QED) is 0.193. The number of ether oxygens (including phenoxy) is 2. The zero-order valence-electron chi connectivity index (χ0n) is 13.4. The summed E-state index contributed by atoms with van der Waals surface area (Å²) >= 11 is 0. The standard InChI is InChI=1S/C14H28O5Si/c1-7-16-13(4)19-20(5,6)18-11-9-8-10-17-14(15)12(2)3/h13H,2,7-11H2,1,3-6H3. The molecule has 0 radical (unpaired) electrons. The van der Waals surface area contributed by atoms with Crippen molar-refractivity contribution in [2.24, 2.45) is 0 Å². The summed E-state index contributed by atoms with van der Waals surface area (Å²) in [5, 5.41) is 0. The van der Waals surface area contributed by atoms with E-state index in [4.69, 9.17) is 18.3 Å². The lowest BCUT2D eigenvalue weighted by atomic mass is 10.3. The molecule has 1 atom stereocenters. The molecule has 6 heteroatoms. The monoisotopic (exact) mass is 304 g/mol.